The third-order valence-corrected chi connectivity index (χ3v) is 6.42. The Morgan fingerprint density at radius 2 is 1.85 bits per heavy atom. The van der Waals surface area contributed by atoms with Crippen molar-refractivity contribution in [3.8, 4) is 0 Å². The highest BCUT2D eigenvalue weighted by molar-refractivity contribution is 7.93. The largest absolute Gasteiger partial charge is 0.449 e. The molecule has 0 bridgehead atoms. The molecule has 0 aliphatic carbocycles. The first-order chi connectivity index (χ1) is 12.1. The van der Waals surface area contributed by atoms with E-state index in [1.165, 1.54) is 0 Å². The number of carbonyl (C=O) groups is 1. The molecule has 2 aromatic carbocycles. The number of fused-ring (bicyclic) bond motifs is 1. The average molecular weight is 413 g/mol. The van der Waals surface area contributed by atoms with E-state index in [0.29, 0.717) is 22.1 Å². The predicted octanol–water partition coefficient (Wildman–Crippen LogP) is 4.26. The molecule has 3 aromatic rings. The van der Waals surface area contributed by atoms with Crippen LogP contribution >= 0.6 is 23.2 Å². The molecule has 0 saturated carbocycles. The zero-order valence-corrected chi connectivity index (χ0v) is 16.1. The maximum Gasteiger partial charge on any atom is 0.286 e. The van der Waals surface area contributed by atoms with Crippen molar-refractivity contribution in [2.45, 2.75) is 18.7 Å². The minimum absolute atomic E-state index is 0.0406. The SMILES string of the molecule is Cc1cc(Cl)c(C)c(S(=O)(=O)Nc2c(C(N)=O)oc3ccccc23)c1Cl. The van der Waals surface area contributed by atoms with Gasteiger partial charge < -0.3 is 10.2 Å². The summed E-state index contributed by atoms with van der Waals surface area (Å²) >= 11 is 12.3. The molecule has 0 saturated heterocycles. The third kappa shape index (κ3) is 3.02. The minimum atomic E-state index is -4.17. The lowest BCUT2D eigenvalue weighted by molar-refractivity contribution is 0.0977. The Hall–Kier alpha value is -2.22. The van der Waals surface area contributed by atoms with Gasteiger partial charge in [0, 0.05) is 10.4 Å². The van der Waals surface area contributed by atoms with Crippen LogP contribution in [0.4, 0.5) is 5.69 Å². The van der Waals surface area contributed by atoms with E-state index in [4.69, 9.17) is 33.4 Å². The van der Waals surface area contributed by atoms with Crippen molar-refractivity contribution in [1.29, 1.82) is 0 Å². The Labute approximate surface area is 159 Å². The van der Waals surface area contributed by atoms with Gasteiger partial charge in [-0.2, -0.15) is 0 Å². The van der Waals surface area contributed by atoms with Crippen molar-refractivity contribution in [2.24, 2.45) is 5.73 Å². The second-order valence-corrected chi connectivity index (χ2v) is 8.12. The van der Waals surface area contributed by atoms with E-state index in [-0.39, 0.29) is 26.4 Å². The molecule has 6 nitrogen and oxygen atoms in total. The molecule has 1 heterocycles. The fraction of sp³-hybridized carbons (Fsp3) is 0.118. The first-order valence-corrected chi connectivity index (χ1v) is 9.66. The highest BCUT2D eigenvalue weighted by atomic mass is 35.5. The van der Waals surface area contributed by atoms with Crippen molar-refractivity contribution < 1.29 is 17.6 Å². The molecule has 0 unspecified atom stereocenters. The first-order valence-electron chi connectivity index (χ1n) is 7.43. The molecule has 0 aliphatic rings. The lowest BCUT2D eigenvalue weighted by atomic mass is 10.2. The van der Waals surface area contributed by atoms with Crippen molar-refractivity contribution >= 4 is 55.8 Å². The van der Waals surface area contributed by atoms with E-state index in [0.717, 1.165) is 0 Å². The number of para-hydroxylation sites is 1. The van der Waals surface area contributed by atoms with Crippen LogP contribution in [0.2, 0.25) is 10.0 Å². The van der Waals surface area contributed by atoms with Crippen molar-refractivity contribution in [3.63, 3.8) is 0 Å². The zero-order chi connectivity index (χ0) is 19.2. The number of hydrogen-bond acceptors (Lipinski definition) is 4. The number of sulfonamides is 1. The molecule has 26 heavy (non-hydrogen) atoms. The zero-order valence-electron chi connectivity index (χ0n) is 13.8. The van der Waals surface area contributed by atoms with E-state index in [2.05, 4.69) is 4.72 Å². The summed E-state index contributed by atoms with van der Waals surface area (Å²) in [4.78, 5) is 11.5. The van der Waals surface area contributed by atoms with Crippen LogP contribution in [0.1, 0.15) is 21.7 Å². The van der Waals surface area contributed by atoms with Gasteiger partial charge in [0.05, 0.1) is 5.02 Å². The fourth-order valence-corrected chi connectivity index (χ4v) is 4.94. The van der Waals surface area contributed by atoms with Crippen LogP contribution in [-0.2, 0) is 10.0 Å². The van der Waals surface area contributed by atoms with Crippen LogP contribution in [-0.4, -0.2) is 14.3 Å². The Kier molecular flexibility index (Phi) is 4.64. The highest BCUT2D eigenvalue weighted by Crippen LogP contribution is 2.37. The molecule has 0 spiro atoms. The molecule has 0 atom stereocenters. The van der Waals surface area contributed by atoms with Crippen LogP contribution in [0.15, 0.2) is 39.6 Å². The number of rotatable bonds is 4. The fourth-order valence-electron chi connectivity index (χ4n) is 2.64. The molecule has 0 aliphatic heterocycles. The topological polar surface area (TPSA) is 102 Å². The second-order valence-electron chi connectivity index (χ2n) is 5.72. The van der Waals surface area contributed by atoms with Gasteiger partial charge in [-0.3, -0.25) is 9.52 Å². The standard InChI is InChI=1S/C17H14Cl2N2O4S/c1-8-7-11(18)9(2)16(13(8)19)26(23,24)21-14-10-5-3-4-6-12(10)25-15(14)17(20)22/h3-7,21H,1-2H3,(H2,20,22). The number of halogens is 2. The summed E-state index contributed by atoms with van der Waals surface area (Å²) in [5.41, 5.74) is 6.42. The van der Waals surface area contributed by atoms with Crippen LogP contribution in [0.25, 0.3) is 11.0 Å². The van der Waals surface area contributed by atoms with Crippen LogP contribution in [0.5, 0.6) is 0 Å². The average Bonchev–Trinajstić information content (AvgIpc) is 2.91. The molecule has 9 heteroatoms. The van der Waals surface area contributed by atoms with Crippen molar-refractivity contribution in [1.82, 2.24) is 0 Å². The number of benzene rings is 2. The molecule has 1 amide bonds. The predicted molar refractivity (Wildman–Crippen MR) is 101 cm³/mol. The quantitative estimate of drug-likeness (QED) is 0.667. The third-order valence-electron chi connectivity index (χ3n) is 3.91. The smallest absolute Gasteiger partial charge is 0.286 e. The summed E-state index contributed by atoms with van der Waals surface area (Å²) in [5.74, 6) is -1.19. The van der Waals surface area contributed by atoms with E-state index in [1.54, 1.807) is 44.2 Å². The van der Waals surface area contributed by atoms with E-state index in [9.17, 15) is 13.2 Å². The molecular weight excluding hydrogens is 399 g/mol. The number of carbonyl (C=O) groups excluding carboxylic acids is 1. The van der Waals surface area contributed by atoms with E-state index in [1.807, 2.05) is 0 Å². The maximum absolute atomic E-state index is 13.0. The number of anilines is 1. The van der Waals surface area contributed by atoms with E-state index >= 15 is 0 Å². The number of aryl methyl sites for hydroxylation is 1. The first kappa shape index (κ1) is 18.6. The van der Waals surface area contributed by atoms with Crippen LogP contribution in [0, 0.1) is 13.8 Å². The molecular formula is C17H14Cl2N2O4S. The lowest BCUT2D eigenvalue weighted by Gasteiger charge is -2.14. The summed E-state index contributed by atoms with van der Waals surface area (Å²) in [6, 6.07) is 8.17. The van der Waals surface area contributed by atoms with Crippen LogP contribution in [0.3, 0.4) is 0 Å². The van der Waals surface area contributed by atoms with Gasteiger partial charge in [-0.15, -0.1) is 0 Å². The Morgan fingerprint density at radius 1 is 1.19 bits per heavy atom. The maximum atomic E-state index is 13.0. The summed E-state index contributed by atoms with van der Waals surface area (Å²) in [7, 11) is -4.17. The molecule has 136 valence electrons. The van der Waals surface area contributed by atoms with Gasteiger partial charge in [0.15, 0.2) is 0 Å². The summed E-state index contributed by atoms with van der Waals surface area (Å²) in [6.45, 7) is 3.19. The van der Waals surface area contributed by atoms with Gasteiger partial charge >= 0.3 is 0 Å². The summed E-state index contributed by atoms with van der Waals surface area (Å²) in [6.07, 6.45) is 0. The van der Waals surface area contributed by atoms with Gasteiger partial charge in [0.1, 0.15) is 16.2 Å². The lowest BCUT2D eigenvalue weighted by Crippen LogP contribution is -2.19. The molecule has 3 N–H and O–H groups in total. The molecule has 0 fully saturated rings. The van der Waals surface area contributed by atoms with Crippen LogP contribution < -0.4 is 10.5 Å². The van der Waals surface area contributed by atoms with Gasteiger partial charge in [-0.25, -0.2) is 8.42 Å². The number of primary amides is 1. The van der Waals surface area contributed by atoms with Gasteiger partial charge in [-0.1, -0.05) is 35.3 Å². The highest BCUT2D eigenvalue weighted by Gasteiger charge is 2.28. The Bertz CT molecular complexity index is 1130. The molecule has 3 rings (SSSR count). The molecule has 0 radical (unpaired) electrons. The number of nitrogens with two attached hydrogens (primary N) is 1. The summed E-state index contributed by atoms with van der Waals surface area (Å²) in [5, 5.41) is 0.713. The minimum Gasteiger partial charge on any atom is -0.449 e. The Balaban J connectivity index is 2.23. The number of amides is 1. The number of nitrogens with one attached hydrogen (secondary N) is 1. The number of furan rings is 1. The van der Waals surface area contributed by atoms with Crippen molar-refractivity contribution in [2.75, 3.05) is 4.72 Å². The van der Waals surface area contributed by atoms with Gasteiger partial charge in [0.2, 0.25) is 5.76 Å². The summed E-state index contributed by atoms with van der Waals surface area (Å²) < 4.78 is 33.8. The normalized spacial score (nSPS) is 11.7. The Morgan fingerprint density at radius 3 is 2.50 bits per heavy atom. The van der Waals surface area contributed by atoms with Crippen molar-refractivity contribution in [3.05, 3.63) is 57.3 Å². The monoisotopic (exact) mass is 412 g/mol. The number of hydrogen-bond donors (Lipinski definition) is 2. The van der Waals surface area contributed by atoms with Gasteiger partial charge in [-0.05, 0) is 43.2 Å². The second kappa shape index (κ2) is 6.50. The molecule has 1 aromatic heterocycles. The van der Waals surface area contributed by atoms with E-state index < -0.39 is 15.9 Å². The van der Waals surface area contributed by atoms with Gasteiger partial charge in [0.25, 0.3) is 15.9 Å².